The van der Waals surface area contributed by atoms with Crippen LogP contribution >= 0.6 is 0 Å². The van der Waals surface area contributed by atoms with E-state index >= 15 is 0 Å². The van der Waals surface area contributed by atoms with Crippen LogP contribution in [0.15, 0.2) is 24.5 Å². The summed E-state index contributed by atoms with van der Waals surface area (Å²) >= 11 is 0. The number of piperidine rings is 1. The monoisotopic (exact) mass is 331 g/mol. The molecule has 3 aliphatic rings. The zero-order chi connectivity index (χ0) is 16.4. The third-order valence-corrected chi connectivity index (χ3v) is 5.40. The molecule has 0 N–H and O–H groups in total. The Balaban J connectivity index is 1.44. The number of hydrogen-bond donors (Lipinski definition) is 0. The molecule has 1 aromatic heterocycles. The van der Waals surface area contributed by atoms with Crippen molar-refractivity contribution in [3.63, 3.8) is 0 Å². The van der Waals surface area contributed by atoms with Crippen molar-refractivity contribution >= 4 is 5.91 Å². The molecule has 1 amide bonds. The van der Waals surface area contributed by atoms with Gasteiger partial charge in [0, 0.05) is 50.5 Å². The van der Waals surface area contributed by atoms with Crippen molar-refractivity contribution in [1.29, 1.82) is 0 Å². The fraction of sp³-hybridized carbons (Fsp3) is 0.667. The molecule has 0 saturated carbocycles. The number of carbonyl (C=O) groups is 1. The fourth-order valence-corrected chi connectivity index (χ4v) is 4.19. The molecule has 0 aliphatic carbocycles. The van der Waals surface area contributed by atoms with Gasteiger partial charge in [0.05, 0.1) is 19.3 Å². The maximum absolute atomic E-state index is 12.8. The smallest absolute Gasteiger partial charge is 0.249 e. The minimum absolute atomic E-state index is 0.0264. The highest BCUT2D eigenvalue weighted by atomic mass is 16.7. The van der Waals surface area contributed by atoms with Gasteiger partial charge in [0.15, 0.2) is 0 Å². The lowest BCUT2D eigenvalue weighted by Gasteiger charge is -2.45. The highest BCUT2D eigenvalue weighted by Gasteiger charge is 2.43. The van der Waals surface area contributed by atoms with Crippen molar-refractivity contribution < 1.29 is 14.4 Å². The summed E-state index contributed by atoms with van der Waals surface area (Å²) in [5.41, 5.74) is 1.22. The number of ether oxygens (including phenoxy) is 1. The summed E-state index contributed by atoms with van der Waals surface area (Å²) in [5.74, 6) is 0.452. The summed E-state index contributed by atoms with van der Waals surface area (Å²) in [5, 5.41) is 1.59. The topological polar surface area (TPSA) is 54.9 Å². The van der Waals surface area contributed by atoms with Crippen molar-refractivity contribution in [2.45, 2.75) is 31.9 Å². The van der Waals surface area contributed by atoms with Gasteiger partial charge in [0.25, 0.3) is 0 Å². The van der Waals surface area contributed by atoms with Crippen LogP contribution in [0.1, 0.15) is 24.8 Å². The van der Waals surface area contributed by atoms with Crippen LogP contribution in [0.25, 0.3) is 0 Å². The van der Waals surface area contributed by atoms with Gasteiger partial charge in [-0.1, -0.05) is 6.07 Å². The van der Waals surface area contributed by atoms with Crippen LogP contribution in [0.4, 0.5) is 0 Å². The molecule has 4 rings (SSSR count). The number of fused-ring (bicyclic) bond motifs is 1. The molecule has 0 bridgehead atoms. The van der Waals surface area contributed by atoms with Crippen molar-refractivity contribution in [3.05, 3.63) is 30.1 Å². The van der Waals surface area contributed by atoms with Gasteiger partial charge < -0.3 is 4.74 Å². The Hall–Kier alpha value is -1.50. The first-order valence-electron chi connectivity index (χ1n) is 8.98. The molecule has 3 fully saturated rings. The molecule has 0 radical (unpaired) electrons. The molecule has 3 atom stereocenters. The number of likely N-dealkylation sites (tertiary alicyclic amines) is 1. The van der Waals surface area contributed by atoms with Crippen LogP contribution in [0.5, 0.6) is 0 Å². The molecule has 6 heteroatoms. The van der Waals surface area contributed by atoms with E-state index in [0.717, 1.165) is 45.4 Å². The number of aromatic nitrogens is 1. The highest BCUT2D eigenvalue weighted by molar-refractivity contribution is 5.78. The Bertz CT molecular complexity index is 562. The van der Waals surface area contributed by atoms with Gasteiger partial charge >= 0.3 is 0 Å². The second kappa shape index (κ2) is 7.17. The van der Waals surface area contributed by atoms with Gasteiger partial charge in [0.1, 0.15) is 0 Å². The number of rotatable bonds is 3. The van der Waals surface area contributed by atoms with E-state index in [2.05, 4.69) is 16.0 Å². The Morgan fingerprint density at radius 3 is 3.04 bits per heavy atom. The molecular weight excluding hydrogens is 306 g/mol. The minimum Gasteiger partial charge on any atom is -0.378 e. The average molecular weight is 331 g/mol. The molecule has 0 aromatic carbocycles. The van der Waals surface area contributed by atoms with Gasteiger partial charge in [-0.15, -0.1) is 0 Å². The summed E-state index contributed by atoms with van der Waals surface area (Å²) < 4.78 is 5.97. The van der Waals surface area contributed by atoms with Crippen LogP contribution in [-0.4, -0.2) is 59.8 Å². The van der Waals surface area contributed by atoms with E-state index in [0.29, 0.717) is 13.2 Å². The van der Waals surface area contributed by atoms with Crippen LogP contribution in [0.3, 0.4) is 0 Å². The Morgan fingerprint density at radius 2 is 2.25 bits per heavy atom. The van der Waals surface area contributed by atoms with Crippen LogP contribution in [0, 0.1) is 11.8 Å². The second-order valence-corrected chi connectivity index (χ2v) is 6.98. The highest BCUT2D eigenvalue weighted by Crippen LogP contribution is 2.35. The Kier molecular flexibility index (Phi) is 4.78. The summed E-state index contributed by atoms with van der Waals surface area (Å²) in [6, 6.07) is 4.08. The van der Waals surface area contributed by atoms with E-state index < -0.39 is 0 Å². The van der Waals surface area contributed by atoms with E-state index in [9.17, 15) is 4.79 Å². The van der Waals surface area contributed by atoms with Gasteiger partial charge in [-0.25, -0.2) is 5.06 Å². The van der Waals surface area contributed by atoms with Gasteiger partial charge in [-0.3, -0.25) is 19.5 Å². The summed E-state index contributed by atoms with van der Waals surface area (Å²) in [7, 11) is 0. The molecule has 0 unspecified atom stereocenters. The first kappa shape index (κ1) is 16.0. The molecule has 130 valence electrons. The molecular formula is C18H25N3O3. The normalized spacial score (nSPS) is 31.0. The number of hydroxylamine groups is 2. The minimum atomic E-state index is 0.0264. The van der Waals surface area contributed by atoms with Crippen molar-refractivity contribution in [2.75, 3.05) is 32.8 Å². The predicted octanol–water partition coefficient (Wildman–Crippen LogP) is 1.47. The average Bonchev–Trinajstić information content (AvgIpc) is 3.16. The van der Waals surface area contributed by atoms with E-state index in [1.807, 2.05) is 12.3 Å². The Labute approximate surface area is 142 Å². The maximum atomic E-state index is 12.8. The first-order chi connectivity index (χ1) is 11.8. The molecule has 3 aliphatic heterocycles. The van der Waals surface area contributed by atoms with Crippen molar-refractivity contribution in [1.82, 2.24) is 14.9 Å². The van der Waals surface area contributed by atoms with Gasteiger partial charge in [0.2, 0.25) is 5.91 Å². The third-order valence-electron chi connectivity index (χ3n) is 5.40. The van der Waals surface area contributed by atoms with E-state index in [4.69, 9.17) is 9.57 Å². The summed E-state index contributed by atoms with van der Waals surface area (Å²) in [4.78, 5) is 25.0. The van der Waals surface area contributed by atoms with Gasteiger partial charge in [-0.05, 0) is 30.9 Å². The lowest BCUT2D eigenvalue weighted by atomic mass is 9.79. The molecule has 1 aromatic rings. The predicted molar refractivity (Wildman–Crippen MR) is 87.8 cm³/mol. The molecule has 6 nitrogen and oxygen atoms in total. The van der Waals surface area contributed by atoms with Gasteiger partial charge in [-0.2, -0.15) is 0 Å². The van der Waals surface area contributed by atoms with Crippen LogP contribution in [0.2, 0.25) is 0 Å². The fourth-order valence-electron chi connectivity index (χ4n) is 4.19. The van der Waals surface area contributed by atoms with Crippen molar-refractivity contribution in [3.8, 4) is 0 Å². The van der Waals surface area contributed by atoms with E-state index in [-0.39, 0.29) is 23.8 Å². The summed E-state index contributed by atoms with van der Waals surface area (Å²) in [6.07, 6.45) is 6.67. The Morgan fingerprint density at radius 1 is 1.29 bits per heavy atom. The maximum Gasteiger partial charge on any atom is 0.249 e. The van der Waals surface area contributed by atoms with E-state index in [1.165, 1.54) is 5.56 Å². The van der Waals surface area contributed by atoms with E-state index in [1.54, 1.807) is 11.3 Å². The molecule has 24 heavy (non-hydrogen) atoms. The number of amides is 1. The molecule has 4 heterocycles. The van der Waals surface area contributed by atoms with Crippen LogP contribution in [-0.2, 0) is 20.9 Å². The first-order valence-corrected chi connectivity index (χ1v) is 8.98. The number of hydrogen-bond acceptors (Lipinski definition) is 5. The zero-order valence-corrected chi connectivity index (χ0v) is 14.0. The third kappa shape index (κ3) is 3.31. The van der Waals surface area contributed by atoms with Crippen molar-refractivity contribution in [2.24, 2.45) is 11.8 Å². The SMILES string of the molecule is O=C([C@@H]1CCO[C@@H]2CCN(Cc3cccnc3)C[C@H]21)N1CCCO1. The molecule has 3 saturated heterocycles. The molecule has 0 spiro atoms. The quantitative estimate of drug-likeness (QED) is 0.840. The zero-order valence-electron chi connectivity index (χ0n) is 14.0. The summed E-state index contributed by atoms with van der Waals surface area (Å²) in [6.45, 7) is 4.89. The lowest BCUT2D eigenvalue weighted by molar-refractivity contribution is -0.185. The van der Waals surface area contributed by atoms with Crippen LogP contribution < -0.4 is 0 Å². The number of carbonyl (C=O) groups excluding carboxylic acids is 1. The second-order valence-electron chi connectivity index (χ2n) is 6.98. The largest absolute Gasteiger partial charge is 0.378 e. The number of nitrogens with zero attached hydrogens (tertiary/aromatic N) is 3. The standard InChI is InChI=1S/C18H25N3O3/c22-18(21-7-2-9-24-21)15-5-10-23-17-4-8-20(13-16(15)17)12-14-3-1-6-19-11-14/h1,3,6,11,15-17H,2,4-5,7-10,12-13H2/t15-,16+,17-/m1/s1. The number of pyridine rings is 1. The lowest BCUT2D eigenvalue weighted by Crippen LogP contribution is -2.53.